The van der Waals surface area contributed by atoms with Crippen molar-refractivity contribution in [3.63, 3.8) is 0 Å². The summed E-state index contributed by atoms with van der Waals surface area (Å²) in [5, 5.41) is 22.0. The fourth-order valence-electron chi connectivity index (χ4n) is 2.59. The smallest absolute Gasteiger partial charge is 0.375 e. The van der Waals surface area contributed by atoms with Crippen LogP contribution in [0.25, 0.3) is 10.5 Å². The number of fused-ring (bicyclic) bond motifs is 1. The number of anilines is 1. The van der Waals surface area contributed by atoms with Gasteiger partial charge in [0.1, 0.15) is 5.71 Å². The van der Waals surface area contributed by atoms with Gasteiger partial charge in [-0.2, -0.15) is 0 Å². The van der Waals surface area contributed by atoms with Crippen LogP contribution in [0.4, 0.5) is 11.4 Å². The average Bonchev–Trinajstić information content (AvgIpc) is 3.16. The molecule has 3 rings (SSSR count). The molecule has 0 spiro atoms. The summed E-state index contributed by atoms with van der Waals surface area (Å²) in [7, 11) is 1.87. The van der Waals surface area contributed by atoms with E-state index in [1.54, 1.807) is 19.1 Å². The number of aliphatic hydroxyl groups excluding tert-OH is 1. The molecule has 1 aliphatic rings. The van der Waals surface area contributed by atoms with Crippen molar-refractivity contribution in [1.82, 2.24) is 14.8 Å². The first kappa shape index (κ1) is 17.3. The van der Waals surface area contributed by atoms with Crippen molar-refractivity contribution in [3.8, 4) is 0 Å². The Bertz CT molecular complexity index is 965. The zero-order chi connectivity index (χ0) is 18.8. The molecule has 0 unspecified atom stereocenters. The lowest BCUT2D eigenvalue weighted by molar-refractivity contribution is 0.0683. The van der Waals surface area contributed by atoms with E-state index >= 15 is 0 Å². The highest BCUT2D eigenvalue weighted by Crippen LogP contribution is 2.29. The molecule has 0 saturated heterocycles. The first-order chi connectivity index (χ1) is 12.5. The number of allylic oxidation sites excluding steroid dienone is 2. The number of likely N-dealkylation sites (N-methyl/N-ethyl adjacent to an activating group) is 1. The molecule has 1 aromatic heterocycles. The van der Waals surface area contributed by atoms with Crippen LogP contribution >= 0.6 is 0 Å². The maximum atomic E-state index is 11.1. The van der Waals surface area contributed by atoms with Gasteiger partial charge in [-0.15, -0.1) is 5.10 Å². The maximum Gasteiger partial charge on any atom is 0.375 e. The molecule has 0 saturated carbocycles. The Morgan fingerprint density at radius 3 is 2.65 bits per heavy atom. The van der Waals surface area contributed by atoms with Crippen LogP contribution < -0.4 is 4.90 Å². The molecule has 0 radical (unpaired) electrons. The van der Waals surface area contributed by atoms with Gasteiger partial charge < -0.3 is 15.1 Å². The van der Waals surface area contributed by atoms with Crippen LogP contribution in [0.5, 0.6) is 0 Å². The van der Waals surface area contributed by atoms with Gasteiger partial charge in [-0.25, -0.2) is 19.3 Å². The van der Waals surface area contributed by atoms with Crippen LogP contribution in [0.15, 0.2) is 35.0 Å². The predicted molar refractivity (Wildman–Crippen MR) is 95.5 cm³/mol. The largest absolute Gasteiger partial charge is 0.475 e. The van der Waals surface area contributed by atoms with Crippen molar-refractivity contribution in [3.05, 3.63) is 53.0 Å². The van der Waals surface area contributed by atoms with Crippen molar-refractivity contribution < 1.29 is 15.0 Å². The number of aromatic nitrogens is 3. The first-order valence-corrected chi connectivity index (χ1v) is 7.76. The zero-order valence-corrected chi connectivity index (χ0v) is 14.2. The van der Waals surface area contributed by atoms with Gasteiger partial charge in [0.25, 0.3) is 5.82 Å². The summed E-state index contributed by atoms with van der Waals surface area (Å²) >= 11 is 0. The Hall–Kier alpha value is -3.51. The third-order valence-corrected chi connectivity index (χ3v) is 3.97. The van der Waals surface area contributed by atoms with E-state index in [0.29, 0.717) is 29.3 Å². The summed E-state index contributed by atoms with van der Waals surface area (Å²) in [6.07, 6.45) is 0. The topological polar surface area (TPSA) is 108 Å². The van der Waals surface area contributed by atoms with Gasteiger partial charge in [0, 0.05) is 19.3 Å². The zero-order valence-electron chi connectivity index (χ0n) is 14.2. The Morgan fingerprint density at radius 2 is 2.08 bits per heavy atom. The van der Waals surface area contributed by atoms with E-state index in [0.717, 1.165) is 5.69 Å². The average molecular weight is 352 g/mol. The number of benzene rings is 1. The molecule has 1 aliphatic heterocycles. The normalized spacial score (nSPS) is 14.5. The second-order valence-corrected chi connectivity index (χ2v) is 5.64. The van der Waals surface area contributed by atoms with Gasteiger partial charge in [-0.3, -0.25) is 4.99 Å². The number of carboxylic acids is 1. The summed E-state index contributed by atoms with van der Waals surface area (Å²) in [5.41, 5.74) is 2.60. The molecule has 1 aromatic carbocycles. The monoisotopic (exact) mass is 352 g/mol. The Kier molecular flexibility index (Phi) is 4.51. The lowest BCUT2D eigenvalue weighted by Crippen LogP contribution is -2.20. The van der Waals surface area contributed by atoms with E-state index in [9.17, 15) is 4.79 Å². The molecule has 0 atom stereocenters. The van der Waals surface area contributed by atoms with Crippen LogP contribution in [-0.2, 0) is 0 Å². The Labute approximate surface area is 149 Å². The molecule has 26 heavy (non-hydrogen) atoms. The summed E-state index contributed by atoms with van der Waals surface area (Å²) in [6.45, 7) is 9.63. The standard InChI is InChI=1S/C17H16N6O3/c1-10-13(18-2)14(16-20-15(17(25)26)21-23(10)16)19-11-4-6-12(7-5-11)22(3)8-9-24/h4-7,24H,8-9H2,1,3H3,(H,25,26). The lowest BCUT2D eigenvalue weighted by Gasteiger charge is -2.17. The fourth-order valence-corrected chi connectivity index (χ4v) is 2.59. The summed E-state index contributed by atoms with van der Waals surface area (Å²) < 4.78 is 1.33. The predicted octanol–water partition coefficient (Wildman–Crippen LogP) is 1.65. The van der Waals surface area contributed by atoms with Crippen molar-refractivity contribution in [2.24, 2.45) is 4.99 Å². The molecule has 2 aromatic rings. The van der Waals surface area contributed by atoms with Gasteiger partial charge in [0.2, 0.25) is 5.70 Å². The lowest BCUT2D eigenvalue weighted by atomic mass is 10.2. The number of aliphatic imine (C=N–C) groups is 1. The van der Waals surface area contributed by atoms with E-state index < -0.39 is 5.97 Å². The number of carboxylic acid groups (broad SMARTS) is 1. The second-order valence-electron chi connectivity index (χ2n) is 5.64. The summed E-state index contributed by atoms with van der Waals surface area (Å²) in [5.74, 6) is -1.33. The van der Waals surface area contributed by atoms with Gasteiger partial charge in [-0.05, 0) is 31.2 Å². The Balaban J connectivity index is 2.01. The van der Waals surface area contributed by atoms with Gasteiger partial charge in [-0.1, -0.05) is 0 Å². The molecule has 9 heteroatoms. The SMILES string of the molecule is [C-]#[N+]C1=C(C)n2nc(C(=O)O)nc2C1=Nc1ccc(N(C)CCO)cc1. The van der Waals surface area contributed by atoms with Crippen molar-refractivity contribution in [1.29, 1.82) is 0 Å². The van der Waals surface area contributed by atoms with E-state index in [1.165, 1.54) is 4.68 Å². The van der Waals surface area contributed by atoms with Crippen molar-refractivity contribution in [2.45, 2.75) is 6.92 Å². The van der Waals surface area contributed by atoms with Crippen LogP contribution in [0, 0.1) is 6.57 Å². The molecule has 2 heterocycles. The minimum Gasteiger partial charge on any atom is -0.475 e. The molecule has 0 amide bonds. The number of nitrogens with zero attached hydrogens (tertiary/aromatic N) is 6. The number of aromatic carboxylic acids is 1. The molecule has 132 valence electrons. The van der Waals surface area contributed by atoms with Gasteiger partial charge in [0.15, 0.2) is 5.82 Å². The number of aliphatic hydroxyl groups is 1. The first-order valence-electron chi connectivity index (χ1n) is 7.76. The molecule has 0 bridgehead atoms. The number of carbonyl (C=O) groups is 1. The highest BCUT2D eigenvalue weighted by atomic mass is 16.4. The number of hydrogen-bond donors (Lipinski definition) is 2. The molecule has 9 nitrogen and oxygen atoms in total. The minimum absolute atomic E-state index is 0.0561. The van der Waals surface area contributed by atoms with Crippen molar-refractivity contribution >= 4 is 28.8 Å². The van der Waals surface area contributed by atoms with Crippen LogP contribution in [0.2, 0.25) is 0 Å². The van der Waals surface area contributed by atoms with Crippen LogP contribution in [-0.4, -0.2) is 56.9 Å². The van der Waals surface area contributed by atoms with Gasteiger partial charge >= 0.3 is 5.97 Å². The molecular formula is C17H16N6O3. The molecule has 0 fully saturated rings. The molecular weight excluding hydrogens is 336 g/mol. The van der Waals surface area contributed by atoms with E-state index in [-0.39, 0.29) is 18.3 Å². The fraction of sp³-hybridized carbons (Fsp3) is 0.235. The van der Waals surface area contributed by atoms with E-state index in [1.807, 2.05) is 24.1 Å². The third-order valence-electron chi connectivity index (χ3n) is 3.97. The van der Waals surface area contributed by atoms with Gasteiger partial charge in [0.05, 0.1) is 24.6 Å². The van der Waals surface area contributed by atoms with E-state index in [4.69, 9.17) is 16.8 Å². The second kappa shape index (κ2) is 6.78. The summed E-state index contributed by atoms with van der Waals surface area (Å²) in [4.78, 5) is 25.0. The highest BCUT2D eigenvalue weighted by Gasteiger charge is 2.31. The number of hydrogen-bond acceptors (Lipinski definition) is 6. The third kappa shape index (κ3) is 2.94. The molecule has 2 N–H and O–H groups in total. The highest BCUT2D eigenvalue weighted by molar-refractivity contribution is 6.19. The summed E-state index contributed by atoms with van der Waals surface area (Å²) in [6, 6.07) is 7.27. The van der Waals surface area contributed by atoms with Crippen LogP contribution in [0.1, 0.15) is 23.4 Å². The Morgan fingerprint density at radius 1 is 1.38 bits per heavy atom. The quantitative estimate of drug-likeness (QED) is 0.792. The van der Waals surface area contributed by atoms with Crippen LogP contribution in [0.3, 0.4) is 0 Å². The molecule has 0 aliphatic carbocycles. The van der Waals surface area contributed by atoms with Crippen molar-refractivity contribution in [2.75, 3.05) is 25.1 Å². The maximum absolute atomic E-state index is 11.1. The minimum atomic E-state index is -1.24. The number of rotatable bonds is 5. The van der Waals surface area contributed by atoms with E-state index in [2.05, 4.69) is 19.9 Å².